The molecule has 0 radical (unpaired) electrons. The standard InChI is InChI=1S/C21H24N2O5/c1-2-6-23-16-18(22-21(23)3-1)17-4-5-19-20(15-17)28-14-12-26-10-8-24-7-9-25-11-13-27-19/h1-6,15-16H,7-14H2. The van der Waals surface area contributed by atoms with Gasteiger partial charge >= 0.3 is 0 Å². The molecular formula is C21H24N2O5. The summed E-state index contributed by atoms with van der Waals surface area (Å²) in [5.41, 5.74) is 2.75. The summed E-state index contributed by atoms with van der Waals surface area (Å²) < 4.78 is 30.2. The van der Waals surface area contributed by atoms with E-state index in [4.69, 9.17) is 23.7 Å². The Morgan fingerprint density at radius 2 is 1.39 bits per heavy atom. The average molecular weight is 384 g/mol. The number of fused-ring (bicyclic) bond motifs is 2. The van der Waals surface area contributed by atoms with Gasteiger partial charge in [0.15, 0.2) is 11.5 Å². The van der Waals surface area contributed by atoms with Crippen molar-refractivity contribution in [3.63, 3.8) is 0 Å². The van der Waals surface area contributed by atoms with Crippen LogP contribution >= 0.6 is 0 Å². The maximum atomic E-state index is 5.93. The van der Waals surface area contributed by atoms with Gasteiger partial charge in [-0.05, 0) is 30.3 Å². The van der Waals surface area contributed by atoms with Gasteiger partial charge in [0.05, 0.1) is 45.3 Å². The lowest BCUT2D eigenvalue weighted by molar-refractivity contribution is 0.00708. The monoisotopic (exact) mass is 384 g/mol. The van der Waals surface area contributed by atoms with E-state index in [1.165, 1.54) is 0 Å². The van der Waals surface area contributed by atoms with Crippen LogP contribution in [0.1, 0.15) is 0 Å². The maximum Gasteiger partial charge on any atom is 0.161 e. The summed E-state index contributed by atoms with van der Waals surface area (Å²) >= 11 is 0. The van der Waals surface area contributed by atoms with Gasteiger partial charge in [0, 0.05) is 18.0 Å². The molecule has 0 N–H and O–H groups in total. The molecule has 2 aromatic heterocycles. The number of hydrogen-bond acceptors (Lipinski definition) is 6. The summed E-state index contributed by atoms with van der Waals surface area (Å²) in [5, 5.41) is 0. The second-order valence-electron chi connectivity index (χ2n) is 6.29. The van der Waals surface area contributed by atoms with Crippen molar-refractivity contribution < 1.29 is 23.7 Å². The number of nitrogens with zero attached hydrogens (tertiary/aromatic N) is 2. The second-order valence-corrected chi connectivity index (χ2v) is 6.29. The largest absolute Gasteiger partial charge is 0.487 e. The molecule has 1 aliphatic heterocycles. The summed E-state index contributed by atoms with van der Waals surface area (Å²) in [4.78, 5) is 4.68. The van der Waals surface area contributed by atoms with Gasteiger partial charge in [0.25, 0.3) is 0 Å². The van der Waals surface area contributed by atoms with Gasteiger partial charge in [-0.1, -0.05) is 6.07 Å². The number of rotatable bonds is 1. The minimum atomic E-state index is 0.432. The van der Waals surface area contributed by atoms with E-state index in [2.05, 4.69) is 4.98 Å². The van der Waals surface area contributed by atoms with Crippen LogP contribution in [0, 0.1) is 0 Å². The van der Waals surface area contributed by atoms with E-state index in [1.807, 2.05) is 53.2 Å². The normalized spacial score (nSPS) is 17.0. The molecule has 7 nitrogen and oxygen atoms in total. The van der Waals surface area contributed by atoms with Crippen molar-refractivity contribution in [1.82, 2.24) is 9.38 Å². The average Bonchev–Trinajstić information content (AvgIpc) is 3.15. The van der Waals surface area contributed by atoms with Crippen molar-refractivity contribution in [1.29, 1.82) is 0 Å². The van der Waals surface area contributed by atoms with E-state index in [0.717, 1.165) is 16.9 Å². The lowest BCUT2D eigenvalue weighted by Gasteiger charge is -2.14. The van der Waals surface area contributed by atoms with Crippen molar-refractivity contribution in [2.45, 2.75) is 0 Å². The summed E-state index contributed by atoms with van der Waals surface area (Å²) in [6, 6.07) is 11.8. The van der Waals surface area contributed by atoms with Crippen LogP contribution in [0.15, 0.2) is 48.8 Å². The van der Waals surface area contributed by atoms with Gasteiger partial charge in [0.2, 0.25) is 0 Å². The molecule has 3 heterocycles. The van der Waals surface area contributed by atoms with Gasteiger partial charge in [-0.2, -0.15) is 0 Å². The molecule has 7 heteroatoms. The van der Waals surface area contributed by atoms with Crippen molar-refractivity contribution in [3.8, 4) is 22.8 Å². The summed E-state index contributed by atoms with van der Waals surface area (Å²) in [7, 11) is 0. The predicted molar refractivity (Wildman–Crippen MR) is 104 cm³/mol. The van der Waals surface area contributed by atoms with Crippen LogP contribution in [0.2, 0.25) is 0 Å². The summed E-state index contributed by atoms with van der Waals surface area (Å²) in [6.07, 6.45) is 3.98. The molecule has 0 aliphatic carbocycles. The Morgan fingerprint density at radius 3 is 2.11 bits per heavy atom. The van der Waals surface area contributed by atoms with Gasteiger partial charge in [-0.3, -0.25) is 0 Å². The van der Waals surface area contributed by atoms with E-state index >= 15 is 0 Å². The topological polar surface area (TPSA) is 63.5 Å². The fourth-order valence-electron chi connectivity index (χ4n) is 2.94. The Balaban J connectivity index is 1.53. The highest BCUT2D eigenvalue weighted by atomic mass is 16.6. The molecule has 0 bridgehead atoms. The van der Waals surface area contributed by atoms with Gasteiger partial charge in [-0.25, -0.2) is 4.98 Å². The molecule has 4 rings (SSSR count). The minimum Gasteiger partial charge on any atom is -0.487 e. The van der Waals surface area contributed by atoms with Crippen molar-refractivity contribution in [3.05, 3.63) is 48.8 Å². The van der Waals surface area contributed by atoms with Gasteiger partial charge in [-0.15, -0.1) is 0 Å². The zero-order valence-corrected chi connectivity index (χ0v) is 15.7. The molecule has 0 atom stereocenters. The minimum absolute atomic E-state index is 0.432. The number of imidazole rings is 1. The van der Waals surface area contributed by atoms with E-state index in [9.17, 15) is 0 Å². The maximum absolute atomic E-state index is 5.93. The quantitative estimate of drug-likeness (QED) is 0.643. The number of aromatic nitrogens is 2. The van der Waals surface area contributed by atoms with Crippen molar-refractivity contribution >= 4 is 5.65 Å². The number of ether oxygens (including phenoxy) is 5. The Morgan fingerprint density at radius 1 is 0.714 bits per heavy atom. The smallest absolute Gasteiger partial charge is 0.161 e. The Bertz CT molecular complexity index is 862. The molecule has 0 spiro atoms. The molecule has 0 amide bonds. The first-order valence-corrected chi connectivity index (χ1v) is 9.47. The van der Waals surface area contributed by atoms with E-state index in [1.54, 1.807) is 0 Å². The van der Waals surface area contributed by atoms with E-state index in [-0.39, 0.29) is 0 Å². The van der Waals surface area contributed by atoms with Gasteiger partial charge < -0.3 is 28.1 Å². The van der Waals surface area contributed by atoms with Crippen molar-refractivity contribution in [2.24, 2.45) is 0 Å². The second kappa shape index (κ2) is 9.54. The molecule has 3 aromatic rings. The van der Waals surface area contributed by atoms with Crippen LogP contribution in [0.3, 0.4) is 0 Å². The van der Waals surface area contributed by atoms with Crippen LogP contribution in [0.4, 0.5) is 0 Å². The molecule has 0 fully saturated rings. The van der Waals surface area contributed by atoms with E-state index in [0.29, 0.717) is 64.4 Å². The van der Waals surface area contributed by atoms with Crippen LogP contribution < -0.4 is 9.47 Å². The Kier molecular flexibility index (Phi) is 6.39. The third kappa shape index (κ3) is 4.81. The molecular weight excluding hydrogens is 360 g/mol. The highest BCUT2D eigenvalue weighted by Gasteiger charge is 2.11. The summed E-state index contributed by atoms with van der Waals surface area (Å²) in [6.45, 7) is 4.04. The molecule has 28 heavy (non-hydrogen) atoms. The zero-order valence-electron chi connectivity index (χ0n) is 15.7. The van der Waals surface area contributed by atoms with Crippen LogP contribution in [-0.2, 0) is 14.2 Å². The zero-order chi connectivity index (χ0) is 19.0. The highest BCUT2D eigenvalue weighted by Crippen LogP contribution is 2.32. The molecule has 0 unspecified atom stereocenters. The Hall–Kier alpha value is -2.61. The first-order valence-electron chi connectivity index (χ1n) is 9.47. The van der Waals surface area contributed by atoms with Gasteiger partial charge in [0.1, 0.15) is 18.9 Å². The molecule has 1 aromatic carbocycles. The number of benzene rings is 1. The predicted octanol–water partition coefficient (Wildman–Crippen LogP) is 2.82. The first kappa shape index (κ1) is 18.7. The molecule has 1 aliphatic rings. The summed E-state index contributed by atoms with van der Waals surface area (Å²) in [5.74, 6) is 1.35. The first-order chi connectivity index (χ1) is 13.9. The molecule has 0 saturated carbocycles. The SMILES string of the molecule is c1ccn2cc(-c3ccc4c(c3)OCCOCCOCCOCCO4)nc2c1. The highest BCUT2D eigenvalue weighted by molar-refractivity contribution is 5.66. The van der Waals surface area contributed by atoms with Crippen LogP contribution in [-0.4, -0.2) is 62.2 Å². The van der Waals surface area contributed by atoms with Crippen LogP contribution in [0.5, 0.6) is 11.5 Å². The fourth-order valence-corrected chi connectivity index (χ4v) is 2.94. The number of hydrogen-bond donors (Lipinski definition) is 0. The third-order valence-electron chi connectivity index (χ3n) is 4.32. The molecule has 0 saturated heterocycles. The van der Waals surface area contributed by atoms with Crippen LogP contribution in [0.25, 0.3) is 16.9 Å². The lowest BCUT2D eigenvalue weighted by Crippen LogP contribution is -2.13. The lowest BCUT2D eigenvalue weighted by atomic mass is 10.1. The van der Waals surface area contributed by atoms with Crippen molar-refractivity contribution in [2.75, 3.05) is 52.9 Å². The van der Waals surface area contributed by atoms with E-state index < -0.39 is 0 Å². The Labute approximate surface area is 163 Å². The fraction of sp³-hybridized carbons (Fsp3) is 0.381. The third-order valence-corrected chi connectivity index (χ3v) is 4.32. The molecule has 148 valence electrons. The number of pyridine rings is 1.